The lowest BCUT2D eigenvalue weighted by atomic mass is 10.1. The van der Waals surface area contributed by atoms with Crippen LogP contribution in [0.3, 0.4) is 0 Å². The summed E-state index contributed by atoms with van der Waals surface area (Å²) >= 11 is 6.31. The summed E-state index contributed by atoms with van der Waals surface area (Å²) < 4.78 is 38.3. The number of halogens is 3. The number of nitrogens with one attached hydrogen (secondary N) is 1. The van der Waals surface area contributed by atoms with E-state index in [4.69, 9.17) is 21.1 Å². The zero-order valence-electron chi connectivity index (χ0n) is 16.5. The van der Waals surface area contributed by atoms with E-state index < -0.39 is 17.2 Å². The molecule has 0 aliphatic carbocycles. The third-order valence-corrected chi connectivity index (χ3v) is 4.48. The second kappa shape index (κ2) is 8.09. The van der Waals surface area contributed by atoms with Gasteiger partial charge in [-0.1, -0.05) is 29.8 Å². The Morgan fingerprint density at radius 2 is 1.90 bits per heavy atom. The lowest BCUT2D eigenvalue weighted by Gasteiger charge is -2.18. The fourth-order valence-corrected chi connectivity index (χ4v) is 3.00. The molecule has 4 rings (SSSR count). The van der Waals surface area contributed by atoms with Crippen LogP contribution in [0.25, 0.3) is 22.3 Å². The van der Waals surface area contributed by atoms with E-state index in [-0.39, 0.29) is 29.9 Å². The molecule has 2 aromatic carbocycles. The molecule has 2 aromatic heterocycles. The van der Waals surface area contributed by atoms with Gasteiger partial charge in [0.25, 0.3) is 0 Å². The Hall–Kier alpha value is -3.30. The minimum absolute atomic E-state index is 0.0494. The van der Waals surface area contributed by atoms with Gasteiger partial charge in [-0.2, -0.15) is 15.1 Å². The molecule has 2 heterocycles. The van der Waals surface area contributed by atoms with Crippen LogP contribution in [-0.2, 0) is 0 Å². The summed E-state index contributed by atoms with van der Waals surface area (Å²) in [7, 11) is 0. The molecule has 0 aliphatic heterocycles. The first-order valence-corrected chi connectivity index (χ1v) is 9.58. The number of benzene rings is 2. The van der Waals surface area contributed by atoms with Gasteiger partial charge in [0, 0.05) is 11.6 Å². The largest absolute Gasteiger partial charge is 0.474 e. The molecule has 160 valence electrons. The van der Waals surface area contributed by atoms with Crippen molar-refractivity contribution in [3.8, 4) is 28.9 Å². The van der Waals surface area contributed by atoms with Gasteiger partial charge in [-0.05, 0) is 32.0 Å². The van der Waals surface area contributed by atoms with Crippen molar-refractivity contribution in [1.82, 2.24) is 20.2 Å². The highest BCUT2D eigenvalue weighted by Crippen LogP contribution is 2.37. The molecule has 10 heteroatoms. The van der Waals surface area contributed by atoms with Crippen LogP contribution in [0.1, 0.15) is 13.8 Å². The number of H-pyrrole nitrogens is 1. The SMILES string of the molecule is CC(C)(O)COc1nc(Oc2ccc(F)cc2F)nc2[nH]nc(-c3ccccc3Cl)c12. The quantitative estimate of drug-likeness (QED) is 0.438. The van der Waals surface area contributed by atoms with Crippen LogP contribution in [0.5, 0.6) is 17.6 Å². The van der Waals surface area contributed by atoms with E-state index in [1.807, 2.05) is 0 Å². The van der Waals surface area contributed by atoms with Crippen molar-refractivity contribution in [3.05, 3.63) is 59.1 Å². The number of fused-ring (bicyclic) bond motifs is 1. The molecule has 7 nitrogen and oxygen atoms in total. The van der Waals surface area contributed by atoms with Crippen LogP contribution in [0.15, 0.2) is 42.5 Å². The molecule has 0 spiro atoms. The summed E-state index contributed by atoms with van der Waals surface area (Å²) in [5.74, 6) is -1.87. The molecule has 0 atom stereocenters. The Kier molecular flexibility index (Phi) is 5.47. The highest BCUT2D eigenvalue weighted by Gasteiger charge is 2.23. The van der Waals surface area contributed by atoms with Crippen molar-refractivity contribution in [2.24, 2.45) is 0 Å². The topological polar surface area (TPSA) is 93.1 Å². The molecule has 31 heavy (non-hydrogen) atoms. The number of hydrogen-bond donors (Lipinski definition) is 2. The predicted molar refractivity (Wildman–Crippen MR) is 110 cm³/mol. The number of hydrogen-bond acceptors (Lipinski definition) is 6. The lowest BCUT2D eigenvalue weighted by Crippen LogP contribution is -2.28. The smallest absolute Gasteiger partial charge is 0.327 e. The minimum atomic E-state index is -1.16. The maximum atomic E-state index is 14.0. The summed E-state index contributed by atoms with van der Waals surface area (Å²) in [5.41, 5.74) is 0.139. The van der Waals surface area contributed by atoms with Crippen LogP contribution in [0.2, 0.25) is 5.02 Å². The minimum Gasteiger partial charge on any atom is -0.474 e. The summed E-state index contributed by atoms with van der Waals surface area (Å²) in [6, 6.07) is 9.68. The van der Waals surface area contributed by atoms with Gasteiger partial charge in [0.15, 0.2) is 17.2 Å². The summed E-state index contributed by atoms with van der Waals surface area (Å²) in [4.78, 5) is 8.44. The first-order valence-electron chi connectivity index (χ1n) is 9.20. The Morgan fingerprint density at radius 1 is 1.13 bits per heavy atom. The van der Waals surface area contributed by atoms with Gasteiger partial charge >= 0.3 is 6.01 Å². The molecule has 0 amide bonds. The summed E-state index contributed by atoms with van der Waals surface area (Å²) in [5, 5.41) is 18.0. The van der Waals surface area contributed by atoms with Gasteiger partial charge in [-0.15, -0.1) is 0 Å². The third-order valence-electron chi connectivity index (χ3n) is 4.15. The zero-order chi connectivity index (χ0) is 22.2. The molecule has 0 bridgehead atoms. The Labute approximate surface area is 180 Å². The van der Waals surface area contributed by atoms with E-state index in [2.05, 4.69) is 20.2 Å². The third kappa shape index (κ3) is 4.57. The Morgan fingerprint density at radius 3 is 2.61 bits per heavy atom. The van der Waals surface area contributed by atoms with Gasteiger partial charge in [0.05, 0.1) is 10.6 Å². The molecule has 0 unspecified atom stereocenters. The fraction of sp³-hybridized carbons (Fsp3) is 0.190. The average Bonchev–Trinajstić information content (AvgIpc) is 3.12. The molecule has 0 saturated carbocycles. The zero-order valence-corrected chi connectivity index (χ0v) is 17.2. The van der Waals surface area contributed by atoms with Gasteiger partial charge < -0.3 is 14.6 Å². The van der Waals surface area contributed by atoms with Crippen molar-refractivity contribution in [2.45, 2.75) is 19.4 Å². The van der Waals surface area contributed by atoms with Crippen molar-refractivity contribution in [3.63, 3.8) is 0 Å². The van der Waals surface area contributed by atoms with E-state index in [0.29, 0.717) is 27.7 Å². The van der Waals surface area contributed by atoms with Gasteiger partial charge in [0.1, 0.15) is 23.5 Å². The van der Waals surface area contributed by atoms with Crippen molar-refractivity contribution < 1.29 is 23.4 Å². The van der Waals surface area contributed by atoms with Crippen LogP contribution < -0.4 is 9.47 Å². The van der Waals surface area contributed by atoms with E-state index >= 15 is 0 Å². The number of ether oxygens (including phenoxy) is 2. The maximum absolute atomic E-state index is 14.0. The Balaban J connectivity index is 1.82. The normalized spacial score (nSPS) is 11.7. The number of aromatic nitrogens is 4. The first kappa shape index (κ1) is 21.0. The maximum Gasteiger partial charge on any atom is 0.327 e. The van der Waals surface area contributed by atoms with Crippen LogP contribution in [0.4, 0.5) is 8.78 Å². The average molecular weight is 447 g/mol. The van der Waals surface area contributed by atoms with E-state index in [1.54, 1.807) is 38.1 Å². The molecule has 0 fully saturated rings. The monoisotopic (exact) mass is 446 g/mol. The second-order valence-electron chi connectivity index (χ2n) is 7.36. The summed E-state index contributed by atoms with van der Waals surface area (Å²) in [6.45, 7) is 3.04. The lowest BCUT2D eigenvalue weighted by molar-refractivity contribution is 0.0272. The van der Waals surface area contributed by atoms with Crippen molar-refractivity contribution in [1.29, 1.82) is 0 Å². The van der Waals surface area contributed by atoms with E-state index in [0.717, 1.165) is 12.1 Å². The molecule has 2 N–H and O–H groups in total. The number of aromatic amines is 1. The Bertz CT molecular complexity index is 1260. The molecular formula is C21H17ClF2N4O3. The highest BCUT2D eigenvalue weighted by molar-refractivity contribution is 6.33. The predicted octanol–water partition coefficient (Wildman–Crippen LogP) is 4.89. The second-order valence-corrected chi connectivity index (χ2v) is 7.77. The van der Waals surface area contributed by atoms with Crippen LogP contribution in [-0.4, -0.2) is 37.5 Å². The molecule has 0 aliphatic rings. The fourth-order valence-electron chi connectivity index (χ4n) is 2.78. The van der Waals surface area contributed by atoms with Crippen molar-refractivity contribution in [2.75, 3.05) is 6.61 Å². The molecule has 0 saturated heterocycles. The highest BCUT2D eigenvalue weighted by atomic mass is 35.5. The standard InChI is InChI=1S/C21H17ClF2N4O3/c1-21(2,29)10-30-19-16-17(12-5-3-4-6-13(12)22)27-28-18(16)25-20(26-19)31-15-8-7-11(23)9-14(15)24/h3-9,29H,10H2,1-2H3,(H,25,26,27,28). The number of rotatable bonds is 6. The van der Waals surface area contributed by atoms with Gasteiger partial charge in [-0.3, -0.25) is 5.10 Å². The van der Waals surface area contributed by atoms with Crippen LogP contribution in [0, 0.1) is 11.6 Å². The van der Waals surface area contributed by atoms with E-state index in [1.165, 1.54) is 0 Å². The molecule has 0 radical (unpaired) electrons. The first-order chi connectivity index (χ1) is 14.7. The number of nitrogens with zero attached hydrogens (tertiary/aromatic N) is 3. The van der Waals surface area contributed by atoms with Crippen molar-refractivity contribution >= 4 is 22.6 Å². The molecule has 4 aromatic rings. The van der Waals surface area contributed by atoms with E-state index in [9.17, 15) is 13.9 Å². The number of aliphatic hydroxyl groups is 1. The van der Waals surface area contributed by atoms with Gasteiger partial charge in [0.2, 0.25) is 5.88 Å². The molecular weight excluding hydrogens is 430 g/mol. The van der Waals surface area contributed by atoms with Gasteiger partial charge in [-0.25, -0.2) is 8.78 Å². The summed E-state index contributed by atoms with van der Waals surface area (Å²) in [6.07, 6.45) is 0. The van der Waals surface area contributed by atoms with Crippen LogP contribution >= 0.6 is 11.6 Å².